The van der Waals surface area contributed by atoms with Crippen LogP contribution in [-0.4, -0.2) is 20.6 Å². The van der Waals surface area contributed by atoms with Gasteiger partial charge in [0, 0.05) is 13.0 Å². The molecular weight excluding hydrogens is 240 g/mol. The Morgan fingerprint density at radius 1 is 1.32 bits per heavy atom. The van der Waals surface area contributed by atoms with Gasteiger partial charge in [-0.05, 0) is 17.5 Å². The molecule has 1 aromatic heterocycles. The van der Waals surface area contributed by atoms with E-state index in [1.165, 1.54) is 0 Å². The summed E-state index contributed by atoms with van der Waals surface area (Å²) in [6, 6.07) is 7.88. The number of hydrogen-bond donors (Lipinski definition) is 1. The lowest BCUT2D eigenvalue weighted by Gasteiger charge is -2.18. The molecule has 0 radical (unpaired) electrons. The van der Waals surface area contributed by atoms with Crippen LogP contribution in [0.5, 0.6) is 0 Å². The lowest BCUT2D eigenvalue weighted by Crippen LogP contribution is -2.15. The number of carboxylic acids is 1. The second-order valence-electron chi connectivity index (χ2n) is 6.05. The lowest BCUT2D eigenvalue weighted by atomic mass is 9.92. The number of aryl methyl sites for hydroxylation is 1. The first-order valence-corrected chi connectivity index (χ1v) is 6.53. The van der Waals surface area contributed by atoms with Crippen LogP contribution in [0.4, 0.5) is 0 Å². The Labute approximate surface area is 113 Å². The first-order chi connectivity index (χ1) is 8.87. The average molecular weight is 260 g/mol. The van der Waals surface area contributed by atoms with Crippen LogP contribution in [0.2, 0.25) is 0 Å². The van der Waals surface area contributed by atoms with Crippen molar-refractivity contribution in [1.29, 1.82) is 0 Å². The molecule has 1 N–H and O–H groups in total. The van der Waals surface area contributed by atoms with E-state index in [1.807, 2.05) is 28.8 Å². The van der Waals surface area contributed by atoms with Gasteiger partial charge in [-0.25, -0.2) is 4.98 Å². The molecular formula is C15H20N2O2. The van der Waals surface area contributed by atoms with E-state index in [1.54, 1.807) is 0 Å². The number of para-hydroxylation sites is 2. The summed E-state index contributed by atoms with van der Waals surface area (Å²) in [5.74, 6) is 0.189. The van der Waals surface area contributed by atoms with Gasteiger partial charge in [-0.1, -0.05) is 32.9 Å². The molecule has 2 rings (SSSR count). The second-order valence-corrected chi connectivity index (χ2v) is 6.05. The number of rotatable bonds is 4. The summed E-state index contributed by atoms with van der Waals surface area (Å²) in [6.07, 6.45) is 0.957. The van der Waals surface area contributed by atoms with E-state index in [2.05, 4.69) is 25.8 Å². The monoisotopic (exact) mass is 260 g/mol. The molecule has 4 heteroatoms. The zero-order chi connectivity index (χ0) is 14.0. The van der Waals surface area contributed by atoms with Crippen molar-refractivity contribution in [2.45, 2.75) is 40.2 Å². The molecule has 102 valence electrons. The zero-order valence-electron chi connectivity index (χ0n) is 11.7. The molecule has 0 fully saturated rings. The van der Waals surface area contributed by atoms with Crippen molar-refractivity contribution in [3.05, 3.63) is 30.1 Å². The molecule has 0 aliphatic rings. The van der Waals surface area contributed by atoms with Gasteiger partial charge in [0.05, 0.1) is 17.5 Å². The normalized spacial score (nSPS) is 11.9. The van der Waals surface area contributed by atoms with E-state index in [-0.39, 0.29) is 11.8 Å². The van der Waals surface area contributed by atoms with Crippen LogP contribution in [0.3, 0.4) is 0 Å². The number of hydrogen-bond acceptors (Lipinski definition) is 2. The van der Waals surface area contributed by atoms with Crippen LogP contribution < -0.4 is 0 Å². The van der Waals surface area contributed by atoms with Crippen molar-refractivity contribution in [2.75, 3.05) is 0 Å². The Kier molecular flexibility index (Phi) is 3.60. The number of carbonyl (C=O) groups is 1. The Morgan fingerprint density at radius 2 is 2.00 bits per heavy atom. The minimum atomic E-state index is -0.778. The molecule has 1 heterocycles. The minimum absolute atomic E-state index is 0.123. The van der Waals surface area contributed by atoms with Crippen molar-refractivity contribution in [3.8, 4) is 0 Å². The summed E-state index contributed by atoms with van der Waals surface area (Å²) in [7, 11) is 0. The smallest absolute Gasteiger partial charge is 0.305 e. The van der Waals surface area contributed by atoms with Gasteiger partial charge < -0.3 is 9.67 Å². The van der Waals surface area contributed by atoms with Gasteiger partial charge in [-0.2, -0.15) is 0 Å². The third-order valence-electron chi connectivity index (χ3n) is 2.97. The standard InChI is InChI=1S/C15H20N2O2/c1-15(2,3)10-13-16-11-6-4-5-7-12(11)17(13)9-8-14(18)19/h4-7H,8-10H2,1-3H3,(H,18,19). The van der Waals surface area contributed by atoms with Gasteiger partial charge in [-0.3, -0.25) is 4.79 Å². The third kappa shape index (κ3) is 3.34. The fraction of sp³-hybridized carbons (Fsp3) is 0.467. The molecule has 0 amide bonds. The predicted octanol–water partition coefficient (Wildman–Crippen LogP) is 3.10. The number of benzene rings is 1. The maximum absolute atomic E-state index is 10.8. The zero-order valence-corrected chi connectivity index (χ0v) is 11.7. The Morgan fingerprint density at radius 3 is 2.63 bits per heavy atom. The SMILES string of the molecule is CC(C)(C)Cc1nc2ccccc2n1CCC(=O)O. The highest BCUT2D eigenvalue weighted by Crippen LogP contribution is 2.24. The quantitative estimate of drug-likeness (QED) is 0.919. The second kappa shape index (κ2) is 5.03. The van der Waals surface area contributed by atoms with Gasteiger partial charge in [0.25, 0.3) is 0 Å². The molecule has 0 spiro atoms. The highest BCUT2D eigenvalue weighted by Gasteiger charge is 2.18. The van der Waals surface area contributed by atoms with Crippen molar-refractivity contribution in [3.63, 3.8) is 0 Å². The molecule has 0 saturated carbocycles. The number of fused-ring (bicyclic) bond motifs is 1. The van der Waals surface area contributed by atoms with Gasteiger partial charge in [0.15, 0.2) is 0 Å². The molecule has 0 atom stereocenters. The summed E-state index contributed by atoms with van der Waals surface area (Å²) in [5.41, 5.74) is 2.08. The number of carboxylic acid groups (broad SMARTS) is 1. The van der Waals surface area contributed by atoms with Crippen LogP contribution in [0.15, 0.2) is 24.3 Å². The summed E-state index contributed by atoms with van der Waals surface area (Å²) >= 11 is 0. The number of aromatic nitrogens is 2. The minimum Gasteiger partial charge on any atom is -0.481 e. The van der Waals surface area contributed by atoms with Crippen LogP contribution >= 0.6 is 0 Å². The predicted molar refractivity (Wildman–Crippen MR) is 75.1 cm³/mol. The van der Waals surface area contributed by atoms with Gasteiger partial charge in [0.2, 0.25) is 0 Å². The maximum atomic E-state index is 10.8. The van der Waals surface area contributed by atoms with E-state index < -0.39 is 5.97 Å². The number of nitrogens with zero attached hydrogens (tertiary/aromatic N) is 2. The highest BCUT2D eigenvalue weighted by molar-refractivity contribution is 5.76. The molecule has 0 bridgehead atoms. The van der Waals surface area contributed by atoms with Crippen LogP contribution in [0.1, 0.15) is 33.0 Å². The molecule has 4 nitrogen and oxygen atoms in total. The maximum Gasteiger partial charge on any atom is 0.305 e. The van der Waals surface area contributed by atoms with Crippen LogP contribution in [0, 0.1) is 5.41 Å². The molecule has 0 saturated heterocycles. The van der Waals surface area contributed by atoms with E-state index in [0.717, 1.165) is 23.3 Å². The summed E-state index contributed by atoms with van der Waals surface area (Å²) in [5, 5.41) is 8.87. The summed E-state index contributed by atoms with van der Waals surface area (Å²) in [6.45, 7) is 6.96. The number of imidazole rings is 1. The van der Waals surface area contributed by atoms with E-state index in [9.17, 15) is 4.79 Å². The van der Waals surface area contributed by atoms with Gasteiger partial charge >= 0.3 is 5.97 Å². The highest BCUT2D eigenvalue weighted by atomic mass is 16.4. The molecule has 2 aromatic rings. The molecule has 0 aliphatic heterocycles. The molecule has 1 aromatic carbocycles. The largest absolute Gasteiger partial charge is 0.481 e. The van der Waals surface area contributed by atoms with Crippen molar-refractivity contribution >= 4 is 17.0 Å². The Bertz CT molecular complexity index is 594. The summed E-state index contributed by atoms with van der Waals surface area (Å²) in [4.78, 5) is 15.4. The van der Waals surface area contributed by atoms with Crippen molar-refractivity contribution in [1.82, 2.24) is 9.55 Å². The van der Waals surface area contributed by atoms with Gasteiger partial charge in [0.1, 0.15) is 5.82 Å². The number of aliphatic carboxylic acids is 1. The first kappa shape index (κ1) is 13.6. The van der Waals surface area contributed by atoms with Crippen molar-refractivity contribution in [2.24, 2.45) is 5.41 Å². The Hall–Kier alpha value is -1.84. The van der Waals surface area contributed by atoms with E-state index >= 15 is 0 Å². The topological polar surface area (TPSA) is 55.1 Å². The van der Waals surface area contributed by atoms with E-state index in [4.69, 9.17) is 5.11 Å². The first-order valence-electron chi connectivity index (χ1n) is 6.53. The molecule has 19 heavy (non-hydrogen) atoms. The third-order valence-corrected chi connectivity index (χ3v) is 2.97. The molecule has 0 unspecified atom stereocenters. The van der Waals surface area contributed by atoms with Gasteiger partial charge in [-0.15, -0.1) is 0 Å². The average Bonchev–Trinajstić information content (AvgIpc) is 2.61. The van der Waals surface area contributed by atoms with Crippen LogP contribution in [0.25, 0.3) is 11.0 Å². The lowest BCUT2D eigenvalue weighted by molar-refractivity contribution is -0.137. The van der Waals surface area contributed by atoms with Crippen molar-refractivity contribution < 1.29 is 9.90 Å². The molecule has 0 aliphatic carbocycles. The Balaban J connectivity index is 2.42. The van der Waals surface area contributed by atoms with Crippen LogP contribution in [-0.2, 0) is 17.8 Å². The van der Waals surface area contributed by atoms with E-state index in [0.29, 0.717) is 6.54 Å². The summed E-state index contributed by atoms with van der Waals surface area (Å²) < 4.78 is 2.04. The fourth-order valence-electron chi connectivity index (χ4n) is 2.19. The fourth-order valence-corrected chi connectivity index (χ4v) is 2.19.